The molecule has 0 bridgehead atoms. The van der Waals surface area contributed by atoms with Crippen molar-refractivity contribution in [3.63, 3.8) is 0 Å². The van der Waals surface area contributed by atoms with Crippen LogP contribution in [0.4, 0.5) is 5.69 Å². The molecule has 0 atom stereocenters. The Labute approximate surface area is 185 Å². The number of methoxy groups -OCH3 is 1. The third-order valence-electron chi connectivity index (χ3n) is 5.77. The fourth-order valence-corrected chi connectivity index (χ4v) is 5.00. The van der Waals surface area contributed by atoms with Crippen LogP contribution < -0.4 is 15.0 Å². The van der Waals surface area contributed by atoms with Crippen molar-refractivity contribution in [1.29, 1.82) is 0 Å². The third-order valence-corrected chi connectivity index (χ3v) is 7.80. The molecule has 31 heavy (non-hydrogen) atoms. The fourth-order valence-electron chi connectivity index (χ4n) is 3.59. The van der Waals surface area contributed by atoms with Crippen LogP contribution in [0.1, 0.15) is 37.0 Å². The zero-order valence-corrected chi connectivity index (χ0v) is 19.4. The number of hydrogen-bond acceptors (Lipinski definition) is 5. The molecule has 2 aromatic rings. The van der Waals surface area contributed by atoms with Crippen LogP contribution in [-0.2, 0) is 10.0 Å². The molecule has 0 unspecified atom stereocenters. The number of ether oxygens (including phenoxy) is 1. The van der Waals surface area contributed by atoms with Crippen molar-refractivity contribution in [2.45, 2.75) is 43.7 Å². The Bertz CT molecular complexity index is 998. The van der Waals surface area contributed by atoms with E-state index in [0.717, 1.165) is 37.4 Å². The lowest BCUT2D eigenvalue weighted by atomic mass is 10.0. The molecule has 0 aromatic heterocycles. The Morgan fingerprint density at radius 2 is 1.77 bits per heavy atom. The molecule has 0 saturated carbocycles. The van der Waals surface area contributed by atoms with Gasteiger partial charge >= 0.3 is 0 Å². The molecule has 1 amide bonds. The van der Waals surface area contributed by atoms with E-state index in [1.807, 2.05) is 38.1 Å². The second-order valence-electron chi connectivity index (χ2n) is 8.08. The molecule has 0 aliphatic carbocycles. The van der Waals surface area contributed by atoms with E-state index >= 15 is 0 Å². The maximum absolute atomic E-state index is 12.8. The predicted molar refractivity (Wildman–Crippen MR) is 122 cm³/mol. The SMILES string of the molecule is COc1ccc(N2CCC(NC(=O)c3cccc(S(=O)(=O)N(C)C(C)C)c3)CC2)cc1. The summed E-state index contributed by atoms with van der Waals surface area (Å²) in [6.45, 7) is 5.30. The molecule has 1 aliphatic rings. The Balaban J connectivity index is 1.61. The summed E-state index contributed by atoms with van der Waals surface area (Å²) in [5.41, 5.74) is 1.49. The number of carbonyl (C=O) groups is 1. The number of hydrogen-bond donors (Lipinski definition) is 1. The van der Waals surface area contributed by atoms with Gasteiger partial charge in [0, 0.05) is 43.5 Å². The monoisotopic (exact) mass is 445 g/mol. The van der Waals surface area contributed by atoms with E-state index in [2.05, 4.69) is 10.2 Å². The van der Waals surface area contributed by atoms with E-state index in [1.54, 1.807) is 26.3 Å². The minimum atomic E-state index is -3.63. The molecule has 3 rings (SSSR count). The molecule has 0 radical (unpaired) electrons. The Kier molecular flexibility index (Phi) is 7.23. The first-order valence-electron chi connectivity index (χ1n) is 10.5. The smallest absolute Gasteiger partial charge is 0.251 e. The van der Waals surface area contributed by atoms with Crippen LogP contribution in [-0.4, -0.2) is 58.0 Å². The molecule has 168 valence electrons. The lowest BCUT2D eigenvalue weighted by Crippen LogP contribution is -2.44. The molecule has 2 aromatic carbocycles. The van der Waals surface area contributed by atoms with Crippen LogP contribution in [0, 0.1) is 0 Å². The van der Waals surface area contributed by atoms with E-state index in [0.29, 0.717) is 5.56 Å². The highest BCUT2D eigenvalue weighted by Crippen LogP contribution is 2.23. The van der Waals surface area contributed by atoms with E-state index in [9.17, 15) is 13.2 Å². The highest BCUT2D eigenvalue weighted by atomic mass is 32.2. The number of anilines is 1. The molecule has 1 heterocycles. The van der Waals surface area contributed by atoms with Gasteiger partial charge in [0.2, 0.25) is 10.0 Å². The summed E-state index contributed by atoms with van der Waals surface area (Å²) in [7, 11) is -0.438. The Morgan fingerprint density at radius 3 is 2.35 bits per heavy atom. The number of nitrogens with one attached hydrogen (secondary N) is 1. The van der Waals surface area contributed by atoms with Gasteiger partial charge in [0.15, 0.2) is 0 Å². The zero-order chi connectivity index (χ0) is 22.6. The van der Waals surface area contributed by atoms with Crippen LogP contribution in [0.2, 0.25) is 0 Å². The van der Waals surface area contributed by atoms with Crippen LogP contribution in [0.5, 0.6) is 5.75 Å². The Hall–Kier alpha value is -2.58. The molecule has 7 nitrogen and oxygen atoms in total. The van der Waals surface area contributed by atoms with E-state index in [-0.39, 0.29) is 22.9 Å². The van der Waals surface area contributed by atoms with E-state index < -0.39 is 10.0 Å². The second-order valence-corrected chi connectivity index (χ2v) is 10.1. The summed E-state index contributed by atoms with van der Waals surface area (Å²) < 4.78 is 32.0. The number of carbonyl (C=O) groups excluding carboxylic acids is 1. The van der Waals surface area contributed by atoms with Gasteiger partial charge in [-0.2, -0.15) is 4.31 Å². The number of nitrogens with zero attached hydrogens (tertiary/aromatic N) is 2. The van der Waals surface area contributed by atoms with Gasteiger partial charge in [-0.3, -0.25) is 4.79 Å². The summed E-state index contributed by atoms with van der Waals surface area (Å²) in [5.74, 6) is 0.585. The normalized spacial score (nSPS) is 15.4. The maximum atomic E-state index is 12.8. The summed E-state index contributed by atoms with van der Waals surface area (Å²) in [6.07, 6.45) is 1.65. The molecule has 1 fully saturated rings. The summed E-state index contributed by atoms with van der Waals surface area (Å²) >= 11 is 0. The summed E-state index contributed by atoms with van der Waals surface area (Å²) in [5, 5.41) is 3.06. The number of sulfonamides is 1. The van der Waals surface area contributed by atoms with Gasteiger partial charge in [0.25, 0.3) is 5.91 Å². The largest absolute Gasteiger partial charge is 0.497 e. The molecule has 8 heteroatoms. The van der Waals surface area contributed by atoms with Gasteiger partial charge < -0.3 is 15.0 Å². The van der Waals surface area contributed by atoms with Crippen LogP contribution in [0.3, 0.4) is 0 Å². The minimum Gasteiger partial charge on any atom is -0.497 e. The molecule has 1 aliphatic heterocycles. The highest BCUT2D eigenvalue weighted by Gasteiger charge is 2.25. The van der Waals surface area contributed by atoms with Crippen LogP contribution >= 0.6 is 0 Å². The molecular formula is C23H31N3O4S. The standard InChI is InChI=1S/C23H31N3O4S/c1-17(2)25(3)31(28,29)22-7-5-6-18(16-22)23(27)24-19-12-14-26(15-13-19)20-8-10-21(30-4)11-9-20/h5-11,16-17,19H,12-15H2,1-4H3,(H,24,27). The van der Waals surface area contributed by atoms with Crippen molar-refractivity contribution in [3.05, 3.63) is 54.1 Å². The second kappa shape index (κ2) is 9.70. The quantitative estimate of drug-likeness (QED) is 0.708. The van der Waals surface area contributed by atoms with Gasteiger partial charge in [-0.1, -0.05) is 6.07 Å². The first-order chi connectivity index (χ1) is 14.7. The first kappa shape index (κ1) is 23.1. The predicted octanol–water partition coefficient (Wildman–Crippen LogP) is 3.12. The summed E-state index contributed by atoms with van der Waals surface area (Å²) in [6, 6.07) is 14.1. The Morgan fingerprint density at radius 1 is 1.13 bits per heavy atom. The average molecular weight is 446 g/mol. The van der Waals surface area contributed by atoms with Crippen LogP contribution in [0.15, 0.2) is 53.4 Å². The zero-order valence-electron chi connectivity index (χ0n) is 18.5. The van der Waals surface area contributed by atoms with Crippen molar-refractivity contribution in [3.8, 4) is 5.75 Å². The van der Waals surface area contributed by atoms with Gasteiger partial charge in [-0.25, -0.2) is 8.42 Å². The van der Waals surface area contributed by atoms with Crippen molar-refractivity contribution in [2.75, 3.05) is 32.1 Å². The van der Waals surface area contributed by atoms with Gasteiger partial charge in [0.1, 0.15) is 5.75 Å². The lowest BCUT2D eigenvalue weighted by Gasteiger charge is -2.34. The summed E-state index contributed by atoms with van der Waals surface area (Å²) in [4.78, 5) is 15.2. The molecule has 1 saturated heterocycles. The van der Waals surface area contributed by atoms with Gasteiger partial charge in [-0.15, -0.1) is 0 Å². The van der Waals surface area contributed by atoms with E-state index in [1.165, 1.54) is 16.4 Å². The third kappa shape index (κ3) is 5.37. The number of benzene rings is 2. The van der Waals surface area contributed by atoms with Crippen LogP contribution in [0.25, 0.3) is 0 Å². The number of rotatable bonds is 7. The number of amides is 1. The maximum Gasteiger partial charge on any atom is 0.251 e. The fraction of sp³-hybridized carbons (Fsp3) is 0.435. The van der Waals surface area contributed by atoms with Crippen molar-refractivity contribution < 1.29 is 17.9 Å². The van der Waals surface area contributed by atoms with E-state index in [4.69, 9.17) is 4.74 Å². The lowest BCUT2D eigenvalue weighted by molar-refractivity contribution is 0.0931. The topological polar surface area (TPSA) is 79.0 Å². The number of piperidine rings is 1. The van der Waals surface area contributed by atoms with Gasteiger partial charge in [-0.05, 0) is 69.2 Å². The molecular weight excluding hydrogens is 414 g/mol. The van der Waals surface area contributed by atoms with Crippen molar-refractivity contribution in [2.24, 2.45) is 0 Å². The molecule has 1 N–H and O–H groups in total. The van der Waals surface area contributed by atoms with Crippen molar-refractivity contribution in [1.82, 2.24) is 9.62 Å². The molecule has 0 spiro atoms. The van der Waals surface area contributed by atoms with Gasteiger partial charge in [0.05, 0.1) is 12.0 Å². The minimum absolute atomic E-state index is 0.0561. The highest BCUT2D eigenvalue weighted by molar-refractivity contribution is 7.89. The first-order valence-corrected chi connectivity index (χ1v) is 11.9. The average Bonchev–Trinajstić information content (AvgIpc) is 2.79. The van der Waals surface area contributed by atoms with Crippen molar-refractivity contribution >= 4 is 21.6 Å².